The largest absolute Gasteiger partial charge is 0.415 e. The Bertz CT molecular complexity index is 219. The predicted molar refractivity (Wildman–Crippen MR) is 61.6 cm³/mol. The molecule has 3 N–H and O–H groups in total. The molecule has 0 amide bonds. The lowest BCUT2D eigenvalue weighted by Crippen LogP contribution is -2.46. The van der Waals surface area contributed by atoms with Crippen molar-refractivity contribution in [3.05, 3.63) is 0 Å². The van der Waals surface area contributed by atoms with E-state index in [0.29, 0.717) is 19.6 Å². The van der Waals surface area contributed by atoms with Crippen molar-refractivity contribution in [1.82, 2.24) is 4.90 Å². The molecule has 0 aliphatic heterocycles. The summed E-state index contributed by atoms with van der Waals surface area (Å²) in [6.45, 7) is 6.67. The molecule has 104 valence electrons. The lowest BCUT2D eigenvalue weighted by molar-refractivity contribution is -0.208. The molecule has 0 aliphatic rings. The van der Waals surface area contributed by atoms with Gasteiger partial charge in [0.25, 0.3) is 0 Å². The van der Waals surface area contributed by atoms with E-state index >= 15 is 0 Å². The van der Waals surface area contributed by atoms with Crippen LogP contribution in [0.5, 0.6) is 0 Å². The zero-order valence-electron chi connectivity index (χ0n) is 10.7. The summed E-state index contributed by atoms with van der Waals surface area (Å²) in [5, 5.41) is 9.05. The van der Waals surface area contributed by atoms with E-state index in [1.807, 2.05) is 20.8 Å². The maximum absolute atomic E-state index is 12.3. The van der Waals surface area contributed by atoms with Crippen LogP contribution >= 0.6 is 0 Å². The van der Waals surface area contributed by atoms with Crippen molar-refractivity contribution in [2.75, 3.05) is 26.2 Å². The van der Waals surface area contributed by atoms with Crippen LogP contribution in [0.15, 0.2) is 0 Å². The van der Waals surface area contributed by atoms with E-state index in [0.717, 1.165) is 6.42 Å². The molecule has 0 saturated heterocycles. The number of rotatable bonds is 7. The molecule has 0 aromatic rings. The monoisotopic (exact) mass is 256 g/mol. The SMILES string of the molecule is CCCN(CC(O)C(F)(F)F)CC(C)(C)CN. The molecule has 6 heteroatoms. The van der Waals surface area contributed by atoms with Crippen molar-refractivity contribution in [3.8, 4) is 0 Å². The highest BCUT2D eigenvalue weighted by atomic mass is 19.4. The summed E-state index contributed by atoms with van der Waals surface area (Å²) in [6, 6.07) is 0. The number of aliphatic hydroxyl groups is 1. The summed E-state index contributed by atoms with van der Waals surface area (Å²) in [5.74, 6) is 0. The summed E-state index contributed by atoms with van der Waals surface area (Å²) < 4.78 is 36.8. The predicted octanol–water partition coefficient (Wildman–Crippen LogP) is 1.61. The maximum Gasteiger partial charge on any atom is 0.415 e. The average molecular weight is 256 g/mol. The van der Waals surface area contributed by atoms with Crippen LogP contribution in [-0.4, -0.2) is 48.5 Å². The number of hydrogen-bond acceptors (Lipinski definition) is 3. The second kappa shape index (κ2) is 6.56. The van der Waals surface area contributed by atoms with E-state index < -0.39 is 12.3 Å². The van der Waals surface area contributed by atoms with Gasteiger partial charge in [0.15, 0.2) is 6.10 Å². The fraction of sp³-hybridized carbons (Fsp3) is 1.00. The average Bonchev–Trinajstić information content (AvgIpc) is 2.16. The van der Waals surface area contributed by atoms with Gasteiger partial charge in [-0.05, 0) is 24.9 Å². The van der Waals surface area contributed by atoms with Gasteiger partial charge in [-0.1, -0.05) is 20.8 Å². The molecular formula is C11H23F3N2O. The Balaban J connectivity index is 4.44. The minimum absolute atomic E-state index is 0.250. The van der Waals surface area contributed by atoms with Gasteiger partial charge in [-0.15, -0.1) is 0 Å². The number of alkyl halides is 3. The highest BCUT2D eigenvalue weighted by Gasteiger charge is 2.39. The minimum Gasteiger partial charge on any atom is -0.382 e. The van der Waals surface area contributed by atoms with Gasteiger partial charge in [-0.3, -0.25) is 4.90 Å². The first-order valence-electron chi connectivity index (χ1n) is 5.79. The Labute approximate surface area is 101 Å². The molecule has 17 heavy (non-hydrogen) atoms. The maximum atomic E-state index is 12.3. The van der Waals surface area contributed by atoms with E-state index in [2.05, 4.69) is 0 Å². The van der Waals surface area contributed by atoms with Crippen LogP contribution in [0.1, 0.15) is 27.2 Å². The van der Waals surface area contributed by atoms with E-state index in [1.54, 1.807) is 4.90 Å². The van der Waals surface area contributed by atoms with E-state index in [4.69, 9.17) is 10.8 Å². The molecule has 0 aliphatic carbocycles. The molecule has 0 heterocycles. The Morgan fingerprint density at radius 1 is 1.29 bits per heavy atom. The van der Waals surface area contributed by atoms with E-state index in [9.17, 15) is 13.2 Å². The van der Waals surface area contributed by atoms with Gasteiger partial charge in [-0.2, -0.15) is 13.2 Å². The molecule has 1 unspecified atom stereocenters. The van der Waals surface area contributed by atoms with Crippen molar-refractivity contribution in [2.24, 2.45) is 11.1 Å². The fourth-order valence-electron chi connectivity index (χ4n) is 1.57. The Kier molecular flexibility index (Phi) is 6.43. The minimum atomic E-state index is -4.56. The topological polar surface area (TPSA) is 49.5 Å². The van der Waals surface area contributed by atoms with Gasteiger partial charge in [0.1, 0.15) is 0 Å². The summed E-state index contributed by atoms with van der Waals surface area (Å²) in [6.07, 6.45) is -6.10. The van der Waals surface area contributed by atoms with Crippen molar-refractivity contribution < 1.29 is 18.3 Å². The van der Waals surface area contributed by atoms with Crippen LogP contribution in [0, 0.1) is 5.41 Å². The summed E-state index contributed by atoms with van der Waals surface area (Å²) >= 11 is 0. The number of halogens is 3. The van der Waals surface area contributed by atoms with Gasteiger partial charge in [0.05, 0.1) is 0 Å². The molecule has 0 radical (unpaired) electrons. The Morgan fingerprint density at radius 3 is 2.18 bits per heavy atom. The summed E-state index contributed by atoms with van der Waals surface area (Å²) in [4.78, 5) is 1.62. The quantitative estimate of drug-likeness (QED) is 0.727. The molecule has 0 rings (SSSR count). The van der Waals surface area contributed by atoms with Crippen LogP contribution in [0.2, 0.25) is 0 Å². The molecule has 0 aromatic heterocycles. The third-order valence-corrected chi connectivity index (χ3v) is 2.55. The number of nitrogens with two attached hydrogens (primary N) is 1. The van der Waals surface area contributed by atoms with Crippen molar-refractivity contribution in [2.45, 2.75) is 39.5 Å². The van der Waals surface area contributed by atoms with E-state index in [-0.39, 0.29) is 12.0 Å². The molecule has 0 spiro atoms. The van der Waals surface area contributed by atoms with Crippen LogP contribution in [0.3, 0.4) is 0 Å². The standard InChI is InChI=1S/C11H23F3N2O/c1-4-5-16(8-10(2,3)7-15)6-9(17)11(12,13)14/h9,17H,4-8,15H2,1-3H3. The Morgan fingerprint density at radius 2 is 1.82 bits per heavy atom. The molecule has 0 aromatic carbocycles. The number of nitrogens with zero attached hydrogens (tertiary/aromatic N) is 1. The highest BCUT2D eigenvalue weighted by molar-refractivity contribution is 4.78. The van der Waals surface area contributed by atoms with E-state index in [1.165, 1.54) is 0 Å². The van der Waals surface area contributed by atoms with Gasteiger partial charge in [-0.25, -0.2) is 0 Å². The zero-order chi connectivity index (χ0) is 13.7. The summed E-state index contributed by atoms with van der Waals surface area (Å²) in [7, 11) is 0. The molecule has 0 fully saturated rings. The van der Waals surface area contributed by atoms with Crippen LogP contribution in [0.4, 0.5) is 13.2 Å². The zero-order valence-corrected chi connectivity index (χ0v) is 10.7. The van der Waals surface area contributed by atoms with Gasteiger partial charge < -0.3 is 10.8 Å². The van der Waals surface area contributed by atoms with Crippen molar-refractivity contribution in [3.63, 3.8) is 0 Å². The van der Waals surface area contributed by atoms with Gasteiger partial charge in [0.2, 0.25) is 0 Å². The second-order valence-corrected chi connectivity index (χ2v) is 5.16. The first kappa shape index (κ1) is 16.7. The van der Waals surface area contributed by atoms with Crippen LogP contribution in [-0.2, 0) is 0 Å². The highest BCUT2D eigenvalue weighted by Crippen LogP contribution is 2.22. The lowest BCUT2D eigenvalue weighted by Gasteiger charge is -2.33. The van der Waals surface area contributed by atoms with Crippen molar-refractivity contribution >= 4 is 0 Å². The normalized spacial score (nSPS) is 15.4. The molecule has 0 bridgehead atoms. The third kappa shape index (κ3) is 6.85. The molecular weight excluding hydrogens is 233 g/mol. The first-order valence-corrected chi connectivity index (χ1v) is 5.79. The van der Waals surface area contributed by atoms with Crippen LogP contribution in [0.25, 0.3) is 0 Å². The Hall–Kier alpha value is -0.330. The number of aliphatic hydroxyl groups excluding tert-OH is 1. The van der Waals surface area contributed by atoms with Crippen LogP contribution < -0.4 is 5.73 Å². The van der Waals surface area contributed by atoms with Crippen molar-refractivity contribution in [1.29, 1.82) is 0 Å². The van der Waals surface area contributed by atoms with Gasteiger partial charge >= 0.3 is 6.18 Å². The fourth-order valence-corrected chi connectivity index (χ4v) is 1.57. The molecule has 3 nitrogen and oxygen atoms in total. The molecule has 1 atom stereocenters. The first-order chi connectivity index (χ1) is 7.62. The lowest BCUT2D eigenvalue weighted by atomic mass is 9.93. The third-order valence-electron chi connectivity index (χ3n) is 2.55. The van der Waals surface area contributed by atoms with Gasteiger partial charge in [0, 0.05) is 13.1 Å². The molecule has 0 saturated carbocycles. The smallest absolute Gasteiger partial charge is 0.382 e. The second-order valence-electron chi connectivity index (χ2n) is 5.16. The summed E-state index contributed by atoms with van der Waals surface area (Å²) in [5.41, 5.74) is 5.31. The number of hydrogen-bond donors (Lipinski definition) is 2.